The first-order valence-electron chi connectivity index (χ1n) is 11.0. The van der Waals surface area contributed by atoms with Gasteiger partial charge in [-0.3, -0.25) is 14.5 Å². The van der Waals surface area contributed by atoms with E-state index in [0.29, 0.717) is 45.4 Å². The Morgan fingerprint density at radius 3 is 2.16 bits per heavy atom. The van der Waals surface area contributed by atoms with Crippen LogP contribution in [-0.2, 0) is 19.6 Å². The van der Waals surface area contributed by atoms with Gasteiger partial charge in [-0.15, -0.1) is 0 Å². The SMILES string of the molecule is Cc1cc(N2CCN(S(=O)(=O)CCN3C(=O)CCCC3=O)CC2)nc(N2CCCC2)n1. The van der Waals surface area contributed by atoms with Gasteiger partial charge in [0.05, 0.1) is 5.75 Å². The van der Waals surface area contributed by atoms with Gasteiger partial charge in [0, 0.05) is 70.4 Å². The second-order valence-electron chi connectivity index (χ2n) is 8.36. The van der Waals surface area contributed by atoms with Gasteiger partial charge in [-0.25, -0.2) is 13.4 Å². The zero-order valence-electron chi connectivity index (χ0n) is 18.0. The third kappa shape index (κ3) is 4.98. The third-order valence-corrected chi connectivity index (χ3v) is 7.98. The number of piperazine rings is 1. The highest BCUT2D eigenvalue weighted by molar-refractivity contribution is 7.89. The lowest BCUT2D eigenvalue weighted by molar-refractivity contribution is -0.147. The van der Waals surface area contributed by atoms with E-state index in [1.165, 1.54) is 4.31 Å². The van der Waals surface area contributed by atoms with Gasteiger partial charge in [-0.1, -0.05) is 0 Å². The summed E-state index contributed by atoms with van der Waals surface area (Å²) in [6.07, 6.45) is 3.46. The highest BCUT2D eigenvalue weighted by atomic mass is 32.2. The Morgan fingerprint density at radius 2 is 1.52 bits per heavy atom. The molecule has 0 N–H and O–H groups in total. The molecule has 0 spiro atoms. The molecule has 2 amide bonds. The summed E-state index contributed by atoms with van der Waals surface area (Å²) in [4.78, 5) is 38.5. The van der Waals surface area contributed by atoms with Crippen molar-refractivity contribution >= 4 is 33.6 Å². The Balaban J connectivity index is 1.36. The summed E-state index contributed by atoms with van der Waals surface area (Å²) < 4.78 is 27.0. The zero-order chi connectivity index (χ0) is 22.0. The van der Waals surface area contributed by atoms with Crippen LogP contribution in [0.4, 0.5) is 11.8 Å². The van der Waals surface area contributed by atoms with Crippen molar-refractivity contribution in [2.24, 2.45) is 0 Å². The molecule has 0 saturated carbocycles. The van der Waals surface area contributed by atoms with Crippen LogP contribution in [0, 0.1) is 6.92 Å². The number of sulfonamides is 1. The number of piperidine rings is 1. The molecule has 4 heterocycles. The number of likely N-dealkylation sites (tertiary alicyclic amines) is 1. The molecule has 4 rings (SSSR count). The average molecular weight is 451 g/mol. The minimum atomic E-state index is -3.55. The molecule has 10 nitrogen and oxygen atoms in total. The Labute approximate surface area is 183 Å². The number of amides is 2. The van der Waals surface area contributed by atoms with Gasteiger partial charge in [0.2, 0.25) is 27.8 Å². The van der Waals surface area contributed by atoms with Crippen LogP contribution in [0.2, 0.25) is 0 Å². The predicted molar refractivity (Wildman–Crippen MR) is 116 cm³/mol. The fourth-order valence-electron chi connectivity index (χ4n) is 4.34. The van der Waals surface area contributed by atoms with E-state index in [2.05, 4.69) is 14.8 Å². The van der Waals surface area contributed by atoms with Crippen LogP contribution in [0.15, 0.2) is 6.07 Å². The highest BCUT2D eigenvalue weighted by Crippen LogP contribution is 2.22. The van der Waals surface area contributed by atoms with E-state index in [1.807, 2.05) is 13.0 Å². The lowest BCUT2D eigenvalue weighted by atomic mass is 10.1. The van der Waals surface area contributed by atoms with Crippen LogP contribution in [0.1, 0.15) is 37.8 Å². The largest absolute Gasteiger partial charge is 0.354 e. The first-order chi connectivity index (χ1) is 14.8. The molecular weight excluding hydrogens is 420 g/mol. The number of hydrogen-bond acceptors (Lipinski definition) is 8. The first-order valence-corrected chi connectivity index (χ1v) is 12.6. The second kappa shape index (κ2) is 9.07. The molecule has 0 atom stereocenters. The minimum absolute atomic E-state index is 0.0650. The maximum atomic E-state index is 12.8. The fraction of sp³-hybridized carbons (Fsp3) is 0.700. The van der Waals surface area contributed by atoms with E-state index in [4.69, 9.17) is 4.98 Å². The Hall–Kier alpha value is -2.27. The summed E-state index contributed by atoms with van der Waals surface area (Å²) in [6.45, 7) is 5.61. The van der Waals surface area contributed by atoms with Gasteiger partial charge in [0.15, 0.2) is 0 Å². The number of nitrogens with zero attached hydrogens (tertiary/aromatic N) is 6. The maximum Gasteiger partial charge on any atom is 0.229 e. The summed E-state index contributed by atoms with van der Waals surface area (Å²) in [7, 11) is -3.55. The Bertz CT molecular complexity index is 923. The normalized spacial score (nSPS) is 21.3. The van der Waals surface area contributed by atoms with Crippen molar-refractivity contribution < 1.29 is 18.0 Å². The van der Waals surface area contributed by atoms with Crippen molar-refractivity contribution in [2.45, 2.75) is 39.0 Å². The molecule has 0 aromatic carbocycles. The van der Waals surface area contributed by atoms with Crippen molar-refractivity contribution in [2.75, 3.05) is 61.4 Å². The van der Waals surface area contributed by atoms with Gasteiger partial charge in [-0.2, -0.15) is 9.29 Å². The van der Waals surface area contributed by atoms with Crippen molar-refractivity contribution in [3.63, 3.8) is 0 Å². The minimum Gasteiger partial charge on any atom is -0.354 e. The lowest BCUT2D eigenvalue weighted by Gasteiger charge is -2.35. The fourth-order valence-corrected chi connectivity index (χ4v) is 5.73. The summed E-state index contributed by atoms with van der Waals surface area (Å²) >= 11 is 0. The summed E-state index contributed by atoms with van der Waals surface area (Å²) in [5, 5.41) is 0. The van der Waals surface area contributed by atoms with E-state index in [0.717, 1.165) is 48.3 Å². The standard InChI is InChI=1S/C20H30N6O4S/c1-16-15-17(22-20(21-16)24-7-2-3-8-24)23-9-11-25(12-10-23)31(29,30)14-13-26-18(27)5-4-6-19(26)28/h15H,2-14H2,1H3. The Kier molecular flexibility index (Phi) is 6.42. The molecule has 1 aromatic heterocycles. The molecule has 0 bridgehead atoms. The van der Waals surface area contributed by atoms with Crippen molar-refractivity contribution in [3.05, 3.63) is 11.8 Å². The molecule has 0 aliphatic carbocycles. The topological polar surface area (TPSA) is 107 Å². The number of carbonyl (C=O) groups is 2. The van der Waals surface area contributed by atoms with Crippen LogP contribution < -0.4 is 9.80 Å². The van der Waals surface area contributed by atoms with Gasteiger partial charge in [0.25, 0.3) is 0 Å². The predicted octanol–water partition coefficient (Wildman–Crippen LogP) is 0.376. The average Bonchev–Trinajstić information content (AvgIpc) is 3.28. The van der Waals surface area contributed by atoms with Crippen LogP contribution in [0.3, 0.4) is 0 Å². The molecule has 0 radical (unpaired) electrons. The number of hydrogen-bond donors (Lipinski definition) is 0. The van der Waals surface area contributed by atoms with Gasteiger partial charge in [-0.05, 0) is 26.2 Å². The third-order valence-electron chi connectivity index (χ3n) is 6.13. The smallest absolute Gasteiger partial charge is 0.229 e. The molecule has 11 heteroatoms. The van der Waals surface area contributed by atoms with Crippen molar-refractivity contribution in [1.82, 2.24) is 19.2 Å². The van der Waals surface area contributed by atoms with E-state index in [-0.39, 0.29) is 24.1 Å². The number of aromatic nitrogens is 2. The number of anilines is 2. The van der Waals surface area contributed by atoms with Crippen LogP contribution >= 0.6 is 0 Å². The number of aryl methyl sites for hydroxylation is 1. The van der Waals surface area contributed by atoms with E-state index in [1.54, 1.807) is 0 Å². The zero-order valence-corrected chi connectivity index (χ0v) is 18.8. The number of imide groups is 1. The van der Waals surface area contributed by atoms with Gasteiger partial charge >= 0.3 is 0 Å². The molecule has 3 aliphatic heterocycles. The molecule has 1 aromatic rings. The Morgan fingerprint density at radius 1 is 0.871 bits per heavy atom. The monoisotopic (exact) mass is 450 g/mol. The van der Waals surface area contributed by atoms with Crippen molar-refractivity contribution in [3.8, 4) is 0 Å². The summed E-state index contributed by atoms with van der Waals surface area (Å²) in [5.41, 5.74) is 0.901. The van der Waals surface area contributed by atoms with Crippen molar-refractivity contribution in [1.29, 1.82) is 0 Å². The molecule has 31 heavy (non-hydrogen) atoms. The summed E-state index contributed by atoms with van der Waals surface area (Å²) in [5.74, 6) is 0.804. The lowest BCUT2D eigenvalue weighted by Crippen LogP contribution is -2.51. The van der Waals surface area contributed by atoms with E-state index < -0.39 is 10.0 Å². The molecule has 3 aliphatic rings. The molecule has 0 unspecified atom stereocenters. The second-order valence-corrected chi connectivity index (χ2v) is 10.4. The van der Waals surface area contributed by atoms with E-state index in [9.17, 15) is 18.0 Å². The molecular formula is C20H30N6O4S. The van der Waals surface area contributed by atoms with Crippen LogP contribution in [-0.4, -0.2) is 91.0 Å². The van der Waals surface area contributed by atoms with Crippen LogP contribution in [0.25, 0.3) is 0 Å². The first kappa shape index (κ1) is 21.9. The van der Waals surface area contributed by atoms with Crippen LogP contribution in [0.5, 0.6) is 0 Å². The quantitative estimate of drug-likeness (QED) is 0.573. The van der Waals surface area contributed by atoms with E-state index >= 15 is 0 Å². The van der Waals surface area contributed by atoms with Gasteiger partial charge < -0.3 is 9.80 Å². The number of rotatable bonds is 6. The molecule has 3 saturated heterocycles. The maximum absolute atomic E-state index is 12.8. The number of carbonyl (C=O) groups excluding carboxylic acids is 2. The summed E-state index contributed by atoms with van der Waals surface area (Å²) in [6, 6.07) is 1.94. The van der Waals surface area contributed by atoms with Gasteiger partial charge in [0.1, 0.15) is 5.82 Å². The molecule has 3 fully saturated rings. The molecule has 170 valence electrons. The highest BCUT2D eigenvalue weighted by Gasteiger charge is 2.31.